The molecule has 0 aromatic heterocycles. The van der Waals surface area contributed by atoms with Gasteiger partial charge in [-0.3, -0.25) is 9.59 Å². The summed E-state index contributed by atoms with van der Waals surface area (Å²) in [5.41, 5.74) is 4.76. The number of nitrogens with one attached hydrogen (secondary N) is 1. The van der Waals surface area contributed by atoms with Gasteiger partial charge in [-0.15, -0.1) is 0 Å². The maximum Gasteiger partial charge on any atom is 0.244 e. The molecule has 0 saturated carbocycles. The van der Waals surface area contributed by atoms with Gasteiger partial charge in [0.2, 0.25) is 11.8 Å². The number of nitrogens with two attached hydrogens (primary N) is 1. The Morgan fingerprint density at radius 2 is 1.90 bits per heavy atom. The number of thiocarbonyl (C=S) groups is 1. The van der Waals surface area contributed by atoms with Gasteiger partial charge in [-0.1, -0.05) is 19.1 Å². The lowest BCUT2D eigenvalue weighted by molar-refractivity contribution is -0.138. The summed E-state index contributed by atoms with van der Waals surface area (Å²) in [7, 11) is 0. The van der Waals surface area contributed by atoms with Crippen molar-refractivity contribution in [2.24, 2.45) is 11.1 Å². The molecule has 6 heteroatoms. The van der Waals surface area contributed by atoms with E-state index in [0.717, 1.165) is 25.9 Å². The van der Waals surface area contributed by atoms with Gasteiger partial charge >= 0.3 is 0 Å². The van der Waals surface area contributed by atoms with Crippen LogP contribution in [0.2, 0.25) is 0 Å². The van der Waals surface area contributed by atoms with Crippen LogP contribution < -0.4 is 11.1 Å². The highest BCUT2D eigenvalue weighted by Crippen LogP contribution is 2.22. The van der Waals surface area contributed by atoms with Crippen LogP contribution in [-0.2, 0) is 9.59 Å². The second-order valence-electron chi connectivity index (χ2n) is 5.63. The third-order valence-corrected chi connectivity index (χ3v) is 4.59. The van der Waals surface area contributed by atoms with Gasteiger partial charge in [0, 0.05) is 13.1 Å². The maximum absolute atomic E-state index is 12.3. The van der Waals surface area contributed by atoms with E-state index in [1.165, 1.54) is 6.42 Å². The molecule has 1 heterocycles. The Morgan fingerprint density at radius 1 is 1.35 bits per heavy atom. The number of carbonyl (C=O) groups is 2. The SMILES string of the molecule is CCC(C)(C(=O)NC(C)C(=O)N1CCCCC1)C(N)=S. The molecular weight excluding hydrogens is 274 g/mol. The van der Waals surface area contributed by atoms with Crippen molar-refractivity contribution in [3.05, 3.63) is 0 Å². The monoisotopic (exact) mass is 299 g/mol. The van der Waals surface area contributed by atoms with Crippen LogP contribution in [0.1, 0.15) is 46.5 Å². The topological polar surface area (TPSA) is 75.4 Å². The highest BCUT2D eigenvalue weighted by atomic mass is 32.1. The Morgan fingerprint density at radius 3 is 2.35 bits per heavy atom. The van der Waals surface area contributed by atoms with Crippen LogP contribution in [0.3, 0.4) is 0 Å². The van der Waals surface area contributed by atoms with Crippen molar-refractivity contribution in [2.75, 3.05) is 13.1 Å². The molecule has 2 amide bonds. The molecule has 0 bridgehead atoms. The molecule has 2 unspecified atom stereocenters. The predicted octanol–water partition coefficient (Wildman–Crippen LogP) is 1.21. The van der Waals surface area contributed by atoms with Gasteiger partial charge in [0.15, 0.2) is 0 Å². The normalized spacial score (nSPS) is 19.9. The first-order valence-corrected chi connectivity index (χ1v) is 7.63. The van der Waals surface area contributed by atoms with E-state index in [9.17, 15) is 9.59 Å². The van der Waals surface area contributed by atoms with Crippen LogP contribution in [0, 0.1) is 5.41 Å². The second kappa shape index (κ2) is 7.02. The van der Waals surface area contributed by atoms with E-state index < -0.39 is 11.5 Å². The van der Waals surface area contributed by atoms with Gasteiger partial charge < -0.3 is 16.0 Å². The molecule has 3 N–H and O–H groups in total. The molecule has 114 valence electrons. The third-order valence-electron chi connectivity index (χ3n) is 4.14. The summed E-state index contributed by atoms with van der Waals surface area (Å²) < 4.78 is 0. The number of piperidine rings is 1. The van der Waals surface area contributed by atoms with Crippen molar-refractivity contribution in [3.63, 3.8) is 0 Å². The highest BCUT2D eigenvalue weighted by molar-refractivity contribution is 7.80. The number of amides is 2. The zero-order valence-electron chi connectivity index (χ0n) is 12.6. The molecule has 0 aromatic rings. The van der Waals surface area contributed by atoms with Crippen LogP contribution in [0.15, 0.2) is 0 Å². The lowest BCUT2D eigenvalue weighted by atomic mass is 9.86. The quantitative estimate of drug-likeness (QED) is 0.748. The van der Waals surface area contributed by atoms with E-state index >= 15 is 0 Å². The summed E-state index contributed by atoms with van der Waals surface area (Å²) in [6.07, 6.45) is 3.75. The van der Waals surface area contributed by atoms with Gasteiger partial charge in [0.1, 0.15) is 6.04 Å². The number of hydrogen-bond acceptors (Lipinski definition) is 3. The van der Waals surface area contributed by atoms with Crippen LogP contribution in [0.5, 0.6) is 0 Å². The van der Waals surface area contributed by atoms with Gasteiger partial charge in [-0.05, 0) is 39.5 Å². The minimum absolute atomic E-state index is 0.0283. The largest absolute Gasteiger partial charge is 0.392 e. The Kier molecular flexibility index (Phi) is 5.92. The van der Waals surface area contributed by atoms with Crippen molar-refractivity contribution in [3.8, 4) is 0 Å². The number of rotatable bonds is 5. The standard InChI is InChI=1S/C14H25N3O2S/c1-4-14(3,12(15)20)13(19)16-10(2)11(18)17-8-6-5-7-9-17/h10H,4-9H2,1-3H3,(H2,15,20)(H,16,19). The summed E-state index contributed by atoms with van der Waals surface area (Å²) in [6.45, 7) is 6.84. The van der Waals surface area contributed by atoms with Crippen LogP contribution in [-0.4, -0.2) is 40.8 Å². The minimum Gasteiger partial charge on any atom is -0.392 e. The molecule has 1 fully saturated rings. The summed E-state index contributed by atoms with van der Waals surface area (Å²) >= 11 is 4.97. The fraction of sp³-hybridized carbons (Fsp3) is 0.786. The van der Waals surface area contributed by atoms with Crippen molar-refractivity contribution >= 4 is 29.0 Å². The molecule has 20 heavy (non-hydrogen) atoms. The zero-order valence-corrected chi connectivity index (χ0v) is 13.4. The van der Waals surface area contributed by atoms with Crippen molar-refractivity contribution in [2.45, 2.75) is 52.5 Å². The Bertz CT molecular complexity index is 394. The summed E-state index contributed by atoms with van der Waals surface area (Å²) in [5, 5.41) is 2.75. The number of carbonyl (C=O) groups excluding carboxylic acids is 2. The zero-order chi connectivity index (χ0) is 15.3. The first-order valence-electron chi connectivity index (χ1n) is 7.22. The Labute approximate surface area is 126 Å². The lowest BCUT2D eigenvalue weighted by Gasteiger charge is -2.31. The van der Waals surface area contributed by atoms with E-state index in [2.05, 4.69) is 5.32 Å². The van der Waals surface area contributed by atoms with Crippen molar-refractivity contribution in [1.29, 1.82) is 0 Å². The lowest BCUT2D eigenvalue weighted by Crippen LogP contribution is -2.54. The van der Waals surface area contributed by atoms with Crippen molar-refractivity contribution < 1.29 is 9.59 Å². The third kappa shape index (κ3) is 3.69. The molecule has 1 rings (SSSR count). The van der Waals surface area contributed by atoms with E-state index in [1.807, 2.05) is 11.8 Å². The summed E-state index contributed by atoms with van der Waals surface area (Å²) in [5.74, 6) is -0.301. The molecular formula is C14H25N3O2S. The molecule has 2 atom stereocenters. The van der Waals surface area contributed by atoms with E-state index in [-0.39, 0.29) is 16.8 Å². The maximum atomic E-state index is 12.3. The number of nitrogens with zero attached hydrogens (tertiary/aromatic N) is 1. The predicted molar refractivity (Wildman–Crippen MR) is 83.2 cm³/mol. The van der Waals surface area contributed by atoms with Crippen molar-refractivity contribution in [1.82, 2.24) is 10.2 Å². The first-order chi connectivity index (χ1) is 9.32. The summed E-state index contributed by atoms with van der Waals surface area (Å²) in [4.78, 5) is 26.5. The van der Waals surface area contributed by atoms with Gasteiger partial charge in [-0.2, -0.15) is 0 Å². The average molecular weight is 299 g/mol. The van der Waals surface area contributed by atoms with Gasteiger partial charge in [0.25, 0.3) is 0 Å². The molecule has 5 nitrogen and oxygen atoms in total. The van der Waals surface area contributed by atoms with Crippen LogP contribution in [0.4, 0.5) is 0 Å². The summed E-state index contributed by atoms with van der Waals surface area (Å²) in [6, 6.07) is -0.541. The molecule has 0 aliphatic carbocycles. The molecule has 1 aliphatic rings. The number of hydrogen-bond donors (Lipinski definition) is 2. The Balaban J connectivity index is 2.64. The van der Waals surface area contributed by atoms with E-state index in [0.29, 0.717) is 6.42 Å². The fourth-order valence-corrected chi connectivity index (χ4v) is 2.49. The van der Waals surface area contributed by atoms with Gasteiger partial charge in [0.05, 0.1) is 10.4 Å². The fourth-order valence-electron chi connectivity index (χ4n) is 2.25. The Hall–Kier alpha value is -1.17. The highest BCUT2D eigenvalue weighted by Gasteiger charge is 2.36. The second-order valence-corrected chi connectivity index (χ2v) is 6.07. The molecule has 1 aliphatic heterocycles. The van der Waals surface area contributed by atoms with Crippen LogP contribution in [0.25, 0.3) is 0 Å². The molecule has 0 spiro atoms. The van der Waals surface area contributed by atoms with Crippen LogP contribution >= 0.6 is 12.2 Å². The molecule has 1 saturated heterocycles. The van der Waals surface area contributed by atoms with E-state index in [1.54, 1.807) is 13.8 Å². The first kappa shape index (κ1) is 16.9. The average Bonchev–Trinajstić information content (AvgIpc) is 2.45. The number of likely N-dealkylation sites (tertiary alicyclic amines) is 1. The molecule has 0 aromatic carbocycles. The smallest absolute Gasteiger partial charge is 0.244 e. The van der Waals surface area contributed by atoms with E-state index in [4.69, 9.17) is 18.0 Å². The molecule has 0 radical (unpaired) electrons. The minimum atomic E-state index is -0.897. The van der Waals surface area contributed by atoms with Gasteiger partial charge in [-0.25, -0.2) is 0 Å².